The summed E-state index contributed by atoms with van der Waals surface area (Å²) in [5.74, 6) is -3.09. The third-order valence-electron chi connectivity index (χ3n) is 7.63. The molecule has 1 saturated heterocycles. The van der Waals surface area contributed by atoms with Gasteiger partial charge in [0.05, 0.1) is 35.9 Å². The van der Waals surface area contributed by atoms with Gasteiger partial charge in [0, 0.05) is 19.3 Å². The first-order valence-corrected chi connectivity index (χ1v) is 13.0. The number of amides is 1. The van der Waals surface area contributed by atoms with E-state index in [0.29, 0.717) is 5.69 Å². The van der Waals surface area contributed by atoms with Gasteiger partial charge in [-0.15, -0.1) is 0 Å². The molecule has 1 aliphatic heterocycles. The molecule has 3 heterocycles. The fourth-order valence-corrected chi connectivity index (χ4v) is 5.28. The van der Waals surface area contributed by atoms with Gasteiger partial charge in [-0.05, 0) is 37.3 Å². The number of carbonyl (C=O) groups is 1. The van der Waals surface area contributed by atoms with E-state index >= 15 is 0 Å². The highest BCUT2D eigenvalue weighted by atomic mass is 19.4. The first-order chi connectivity index (χ1) is 18.9. The summed E-state index contributed by atoms with van der Waals surface area (Å²) in [6.07, 6.45) is -4.27. The van der Waals surface area contributed by atoms with E-state index in [4.69, 9.17) is 4.74 Å². The smallest absolute Gasteiger partial charge is 0.417 e. The number of imidazole rings is 1. The molecule has 3 N–H and O–H groups in total. The van der Waals surface area contributed by atoms with Crippen molar-refractivity contribution in [2.24, 2.45) is 5.92 Å². The lowest BCUT2D eigenvalue weighted by molar-refractivity contribution is -0.271. The molecule has 9 nitrogen and oxygen atoms in total. The Balaban J connectivity index is 1.37. The fourth-order valence-electron chi connectivity index (χ4n) is 5.28. The van der Waals surface area contributed by atoms with Crippen LogP contribution in [0.15, 0.2) is 42.7 Å². The van der Waals surface area contributed by atoms with Crippen LogP contribution >= 0.6 is 0 Å². The first-order valence-electron chi connectivity index (χ1n) is 13.0. The van der Waals surface area contributed by atoms with Crippen molar-refractivity contribution in [3.05, 3.63) is 59.7 Å². The van der Waals surface area contributed by atoms with Crippen LogP contribution in [0.4, 0.5) is 26.7 Å². The van der Waals surface area contributed by atoms with Gasteiger partial charge < -0.3 is 20.5 Å². The van der Waals surface area contributed by atoms with E-state index in [-0.39, 0.29) is 56.2 Å². The number of aromatic nitrogens is 4. The maximum atomic E-state index is 13.9. The summed E-state index contributed by atoms with van der Waals surface area (Å²) in [4.78, 5) is 21.5. The van der Waals surface area contributed by atoms with E-state index in [0.717, 1.165) is 5.56 Å². The molecule has 0 bridgehead atoms. The molecule has 0 spiro atoms. The summed E-state index contributed by atoms with van der Waals surface area (Å²) in [6, 6.07) is 7.33. The molecule has 3 aromatic rings. The predicted molar refractivity (Wildman–Crippen MR) is 131 cm³/mol. The van der Waals surface area contributed by atoms with Gasteiger partial charge in [0.25, 0.3) is 5.78 Å². The number of hydrogen-bond donors (Lipinski definition) is 3. The minimum atomic E-state index is -4.80. The second-order valence-corrected chi connectivity index (χ2v) is 10.5. The molecule has 1 aliphatic carbocycles. The molecule has 2 aromatic heterocycles. The zero-order valence-electron chi connectivity index (χ0n) is 21.4. The molecule has 0 radical (unpaired) electrons. The van der Waals surface area contributed by atoms with E-state index < -0.39 is 48.7 Å². The number of carbonyl (C=O) groups excluding carboxylic acids is 1. The average Bonchev–Trinajstić information content (AvgIpc) is 3.34. The minimum Gasteiger partial charge on any atom is -0.445 e. The number of alkyl carbamates (subject to hydrolysis) is 1. The Morgan fingerprint density at radius 2 is 1.90 bits per heavy atom. The number of aliphatic hydroxyl groups is 1. The van der Waals surface area contributed by atoms with Gasteiger partial charge in [0.1, 0.15) is 6.61 Å². The molecule has 2 fully saturated rings. The van der Waals surface area contributed by atoms with Crippen LogP contribution in [0.1, 0.15) is 67.6 Å². The number of piperidine rings is 1. The van der Waals surface area contributed by atoms with E-state index in [9.17, 15) is 31.9 Å². The minimum absolute atomic E-state index is 0.0123. The summed E-state index contributed by atoms with van der Waals surface area (Å²) in [5.41, 5.74) is -1.60. The molecule has 40 heavy (non-hydrogen) atoms. The Morgan fingerprint density at radius 1 is 1.18 bits per heavy atom. The number of halogens is 5. The average molecular weight is 569 g/mol. The van der Waals surface area contributed by atoms with Crippen molar-refractivity contribution in [2.75, 3.05) is 6.54 Å². The topological polar surface area (TPSA) is 114 Å². The van der Waals surface area contributed by atoms with Crippen molar-refractivity contribution in [1.82, 2.24) is 30.2 Å². The van der Waals surface area contributed by atoms with Crippen molar-refractivity contribution in [3.8, 4) is 0 Å². The number of ether oxygens (including phenoxy) is 1. The molecule has 1 amide bonds. The SMILES string of the molecule is O=C(N[C@H](c1cn2ncc(C3CC(O)(C(F)(F)F)CCN3)nc2n1)C1CCC(F)(F)CC1)OCc1ccccc1. The Morgan fingerprint density at radius 3 is 2.60 bits per heavy atom. The largest absolute Gasteiger partial charge is 0.445 e. The number of hydrogen-bond acceptors (Lipinski definition) is 7. The van der Waals surface area contributed by atoms with Crippen LogP contribution in [0, 0.1) is 5.92 Å². The second kappa shape index (κ2) is 10.9. The highest BCUT2D eigenvalue weighted by Gasteiger charge is 2.55. The highest BCUT2D eigenvalue weighted by molar-refractivity contribution is 5.68. The van der Waals surface area contributed by atoms with E-state index in [2.05, 4.69) is 25.7 Å². The van der Waals surface area contributed by atoms with Gasteiger partial charge in [0.15, 0.2) is 5.60 Å². The van der Waals surface area contributed by atoms with Crippen LogP contribution in [-0.4, -0.2) is 55.0 Å². The Bertz CT molecular complexity index is 1330. The van der Waals surface area contributed by atoms with Gasteiger partial charge in [0.2, 0.25) is 5.92 Å². The Kier molecular flexibility index (Phi) is 7.66. The molecule has 14 heteroatoms. The van der Waals surface area contributed by atoms with Crippen molar-refractivity contribution >= 4 is 11.9 Å². The van der Waals surface area contributed by atoms with Crippen molar-refractivity contribution in [3.63, 3.8) is 0 Å². The van der Waals surface area contributed by atoms with Gasteiger partial charge >= 0.3 is 12.3 Å². The first kappa shape index (κ1) is 28.1. The molecule has 216 valence electrons. The predicted octanol–water partition coefficient (Wildman–Crippen LogP) is 4.64. The van der Waals surface area contributed by atoms with Gasteiger partial charge in [-0.2, -0.15) is 18.3 Å². The summed E-state index contributed by atoms with van der Waals surface area (Å²) in [7, 11) is 0. The molecular formula is C26H29F5N6O3. The molecule has 5 rings (SSSR count). The second-order valence-electron chi connectivity index (χ2n) is 10.5. The molecular weight excluding hydrogens is 539 g/mol. The lowest BCUT2D eigenvalue weighted by Crippen LogP contribution is -2.53. The maximum Gasteiger partial charge on any atom is 0.417 e. The number of rotatable bonds is 6. The van der Waals surface area contributed by atoms with Gasteiger partial charge in [-0.3, -0.25) is 0 Å². The van der Waals surface area contributed by atoms with Crippen LogP contribution in [0.3, 0.4) is 0 Å². The zero-order chi connectivity index (χ0) is 28.5. The summed E-state index contributed by atoms with van der Waals surface area (Å²) in [5, 5.41) is 20.1. The highest BCUT2D eigenvalue weighted by Crippen LogP contribution is 2.42. The number of alkyl halides is 5. The van der Waals surface area contributed by atoms with Crippen molar-refractivity contribution in [1.29, 1.82) is 0 Å². The maximum absolute atomic E-state index is 13.9. The third-order valence-corrected chi connectivity index (χ3v) is 7.63. The normalized spacial score (nSPS) is 24.5. The monoisotopic (exact) mass is 568 g/mol. The van der Waals surface area contributed by atoms with E-state index in [1.54, 1.807) is 24.3 Å². The quantitative estimate of drug-likeness (QED) is 0.372. The van der Waals surface area contributed by atoms with Crippen molar-refractivity contribution < 1.29 is 36.6 Å². The summed E-state index contributed by atoms with van der Waals surface area (Å²) in [6.45, 7) is -0.0605. The van der Waals surface area contributed by atoms with Gasteiger partial charge in [-0.25, -0.2) is 28.1 Å². The number of nitrogens with one attached hydrogen (secondary N) is 2. The van der Waals surface area contributed by atoms with Crippen molar-refractivity contribution in [2.45, 2.75) is 74.9 Å². The lowest BCUT2D eigenvalue weighted by atomic mass is 9.81. The fraction of sp³-hybridized carbons (Fsp3) is 0.538. The number of benzene rings is 1. The molecule has 3 atom stereocenters. The Labute approximate surface area is 226 Å². The number of fused-ring (bicyclic) bond motifs is 1. The molecule has 1 aromatic carbocycles. The zero-order valence-corrected chi connectivity index (χ0v) is 21.4. The van der Waals surface area contributed by atoms with Crippen LogP contribution in [-0.2, 0) is 11.3 Å². The van der Waals surface area contributed by atoms with Gasteiger partial charge in [-0.1, -0.05) is 30.3 Å². The van der Waals surface area contributed by atoms with Crippen LogP contribution in [0.25, 0.3) is 5.78 Å². The van der Waals surface area contributed by atoms with E-state index in [1.165, 1.54) is 16.9 Å². The van der Waals surface area contributed by atoms with Crippen LogP contribution < -0.4 is 10.6 Å². The summed E-state index contributed by atoms with van der Waals surface area (Å²) >= 11 is 0. The lowest BCUT2D eigenvalue weighted by Gasteiger charge is -2.38. The number of nitrogens with zero attached hydrogens (tertiary/aromatic N) is 4. The summed E-state index contributed by atoms with van der Waals surface area (Å²) < 4.78 is 74.7. The standard InChI is InChI=1S/C26H29F5N6O3/c27-25(28)8-6-17(7-9-25)21(36-23(38)40-15-16-4-2-1-3-5-16)20-14-37-22(35-20)34-19(13-33-37)18-12-24(39,10-11-32-18)26(29,30)31/h1-5,13-14,17-18,21,32,39H,6-12,15H2,(H,36,38)/t18?,21-,24?/m0/s1. The van der Waals surface area contributed by atoms with Crippen LogP contribution in [0.5, 0.6) is 0 Å². The molecule has 1 saturated carbocycles. The Hall–Kier alpha value is -3.39. The molecule has 2 unspecified atom stereocenters. The molecule has 2 aliphatic rings. The third kappa shape index (κ3) is 6.17. The van der Waals surface area contributed by atoms with Crippen LogP contribution in [0.2, 0.25) is 0 Å². The van der Waals surface area contributed by atoms with E-state index in [1.807, 2.05) is 6.07 Å².